The number of carbonyl (C=O) groups excluding carboxylic acids is 1. The summed E-state index contributed by atoms with van der Waals surface area (Å²) < 4.78 is 28.8. The summed E-state index contributed by atoms with van der Waals surface area (Å²) in [6, 6.07) is 20.2. The minimum absolute atomic E-state index is 0.00954. The molecule has 0 aromatic heterocycles. The van der Waals surface area contributed by atoms with E-state index in [1.165, 1.54) is 10.4 Å². The zero-order chi connectivity index (χ0) is 22.9. The number of carbonyl (C=O) groups is 1. The smallest absolute Gasteiger partial charge is 0.264 e. The molecule has 0 radical (unpaired) electrons. The molecular weight excluding hydrogens is 467 g/mol. The highest BCUT2D eigenvalue weighted by atomic mass is 35.5. The van der Waals surface area contributed by atoms with Crippen LogP contribution < -0.4 is 4.31 Å². The second kappa shape index (κ2) is 9.14. The molecule has 0 fully saturated rings. The molecule has 0 saturated heterocycles. The van der Waals surface area contributed by atoms with E-state index in [2.05, 4.69) is 0 Å². The van der Waals surface area contributed by atoms with Gasteiger partial charge < -0.3 is 4.90 Å². The van der Waals surface area contributed by atoms with Crippen LogP contribution in [-0.4, -0.2) is 37.7 Å². The lowest BCUT2D eigenvalue weighted by molar-refractivity contribution is 0.0744. The molecule has 0 saturated carbocycles. The van der Waals surface area contributed by atoms with Gasteiger partial charge in [0, 0.05) is 24.0 Å². The van der Waals surface area contributed by atoms with E-state index in [0.29, 0.717) is 11.6 Å². The van der Waals surface area contributed by atoms with Crippen LogP contribution in [0.25, 0.3) is 0 Å². The first-order chi connectivity index (χ1) is 15.3. The maximum absolute atomic E-state index is 13.8. The van der Waals surface area contributed by atoms with Crippen molar-refractivity contribution in [2.24, 2.45) is 0 Å². The number of anilines is 1. The van der Waals surface area contributed by atoms with Gasteiger partial charge in [-0.25, -0.2) is 8.42 Å². The van der Waals surface area contributed by atoms with Gasteiger partial charge >= 0.3 is 0 Å². The average molecular weight is 489 g/mol. The summed E-state index contributed by atoms with van der Waals surface area (Å²) in [6.07, 6.45) is 0. The normalized spacial score (nSPS) is 16.6. The molecule has 8 heteroatoms. The van der Waals surface area contributed by atoms with E-state index < -0.39 is 16.1 Å². The number of amides is 1. The van der Waals surface area contributed by atoms with Crippen LogP contribution in [0.5, 0.6) is 0 Å². The number of benzene rings is 3. The van der Waals surface area contributed by atoms with E-state index in [1.54, 1.807) is 41.3 Å². The van der Waals surface area contributed by atoms with Crippen molar-refractivity contribution in [1.82, 2.24) is 4.90 Å². The second-order valence-corrected chi connectivity index (χ2v) is 10.3. The average Bonchev–Trinajstić information content (AvgIpc) is 2.89. The Morgan fingerprint density at radius 1 is 1.00 bits per heavy atom. The van der Waals surface area contributed by atoms with Crippen LogP contribution in [0.1, 0.15) is 21.5 Å². The zero-order valence-electron chi connectivity index (χ0n) is 17.4. The van der Waals surface area contributed by atoms with Gasteiger partial charge in [-0.15, -0.1) is 11.6 Å². The predicted molar refractivity (Wildman–Crippen MR) is 128 cm³/mol. The largest absolute Gasteiger partial charge is 0.332 e. The molecule has 1 atom stereocenters. The fourth-order valence-electron chi connectivity index (χ4n) is 3.85. The Balaban J connectivity index is 1.85. The van der Waals surface area contributed by atoms with E-state index in [1.807, 2.05) is 37.3 Å². The van der Waals surface area contributed by atoms with Crippen molar-refractivity contribution in [2.75, 3.05) is 16.7 Å². The predicted octanol–water partition coefficient (Wildman–Crippen LogP) is 5.11. The molecule has 4 rings (SSSR count). The zero-order valence-corrected chi connectivity index (χ0v) is 19.7. The van der Waals surface area contributed by atoms with Crippen LogP contribution in [0.4, 0.5) is 5.69 Å². The first-order valence-electron chi connectivity index (χ1n) is 10.1. The van der Waals surface area contributed by atoms with Crippen LogP contribution in [0.2, 0.25) is 5.02 Å². The van der Waals surface area contributed by atoms with Crippen LogP contribution in [0, 0.1) is 6.92 Å². The SMILES string of the molecule is Cc1ccc(S(=O)(=O)N2c3cc(Cl)ccc3C(=O)N(Cc3ccccc3)C[C@@H]2CCl)cc1. The second-order valence-electron chi connectivity index (χ2n) is 7.75. The Morgan fingerprint density at radius 3 is 2.34 bits per heavy atom. The highest BCUT2D eigenvalue weighted by molar-refractivity contribution is 7.92. The van der Waals surface area contributed by atoms with Crippen molar-refractivity contribution in [2.45, 2.75) is 24.4 Å². The van der Waals surface area contributed by atoms with Crippen molar-refractivity contribution in [3.8, 4) is 0 Å². The quantitative estimate of drug-likeness (QED) is 0.469. The summed E-state index contributed by atoms with van der Waals surface area (Å²) in [5, 5.41) is 0.338. The highest BCUT2D eigenvalue weighted by Crippen LogP contribution is 2.36. The van der Waals surface area contributed by atoms with Gasteiger partial charge in [0.15, 0.2) is 0 Å². The van der Waals surface area contributed by atoms with E-state index >= 15 is 0 Å². The minimum atomic E-state index is -4.00. The maximum Gasteiger partial charge on any atom is 0.264 e. The maximum atomic E-state index is 13.8. The highest BCUT2D eigenvalue weighted by Gasteiger charge is 2.39. The lowest BCUT2D eigenvalue weighted by atomic mass is 10.1. The van der Waals surface area contributed by atoms with E-state index in [9.17, 15) is 13.2 Å². The molecular formula is C24H22Cl2N2O3S. The lowest BCUT2D eigenvalue weighted by Crippen LogP contribution is -2.46. The molecule has 1 aliphatic heterocycles. The fraction of sp³-hybridized carbons (Fsp3) is 0.208. The van der Waals surface area contributed by atoms with Gasteiger partial charge in [0.05, 0.1) is 22.2 Å². The minimum Gasteiger partial charge on any atom is -0.332 e. The number of hydrogen-bond acceptors (Lipinski definition) is 3. The molecule has 0 spiro atoms. The van der Waals surface area contributed by atoms with Crippen LogP contribution >= 0.6 is 23.2 Å². The number of hydrogen-bond donors (Lipinski definition) is 0. The number of alkyl halides is 1. The molecule has 3 aromatic carbocycles. The summed E-state index contributed by atoms with van der Waals surface area (Å²) in [5.74, 6) is -0.257. The van der Waals surface area contributed by atoms with Crippen molar-refractivity contribution < 1.29 is 13.2 Å². The molecule has 1 amide bonds. The molecule has 0 unspecified atom stereocenters. The van der Waals surface area contributed by atoms with Crippen molar-refractivity contribution in [1.29, 1.82) is 0 Å². The Hall–Kier alpha value is -2.54. The van der Waals surface area contributed by atoms with Gasteiger partial charge in [0.25, 0.3) is 15.9 Å². The third-order valence-electron chi connectivity index (χ3n) is 5.45. The van der Waals surface area contributed by atoms with E-state index in [0.717, 1.165) is 11.1 Å². The first kappa shape index (κ1) is 22.6. The summed E-state index contributed by atoms with van der Waals surface area (Å²) in [7, 11) is -4.00. The summed E-state index contributed by atoms with van der Waals surface area (Å²) >= 11 is 12.5. The monoisotopic (exact) mass is 488 g/mol. The van der Waals surface area contributed by atoms with Gasteiger partial charge in [0.1, 0.15) is 0 Å². The van der Waals surface area contributed by atoms with Crippen LogP contribution in [0.15, 0.2) is 77.7 Å². The van der Waals surface area contributed by atoms with Gasteiger partial charge in [-0.1, -0.05) is 59.6 Å². The van der Waals surface area contributed by atoms with E-state index in [4.69, 9.17) is 23.2 Å². The molecule has 0 aliphatic carbocycles. The fourth-order valence-corrected chi connectivity index (χ4v) is 5.98. The molecule has 1 heterocycles. The van der Waals surface area contributed by atoms with Gasteiger partial charge in [-0.2, -0.15) is 0 Å². The van der Waals surface area contributed by atoms with Crippen molar-refractivity contribution in [3.63, 3.8) is 0 Å². The van der Waals surface area contributed by atoms with Crippen LogP contribution in [-0.2, 0) is 16.6 Å². The summed E-state index contributed by atoms with van der Waals surface area (Å²) in [6.45, 7) is 2.38. The Kier molecular flexibility index (Phi) is 6.47. The van der Waals surface area contributed by atoms with Crippen LogP contribution in [0.3, 0.4) is 0 Å². The number of fused-ring (bicyclic) bond motifs is 1. The van der Waals surface area contributed by atoms with Gasteiger partial charge in [-0.3, -0.25) is 9.10 Å². The lowest BCUT2D eigenvalue weighted by Gasteiger charge is -2.32. The summed E-state index contributed by atoms with van der Waals surface area (Å²) in [4.78, 5) is 15.3. The standard InChI is InChI=1S/C24H22Cl2N2O3S/c1-17-7-10-21(11-8-17)32(30,31)28-20(14-25)16-27(15-18-5-3-2-4-6-18)24(29)22-12-9-19(26)13-23(22)28/h2-13,20H,14-16H2,1H3/t20-/m0/s1. The molecule has 32 heavy (non-hydrogen) atoms. The topological polar surface area (TPSA) is 57.7 Å². The third-order valence-corrected chi connectivity index (χ3v) is 7.92. The Bertz CT molecular complexity index is 1230. The number of aryl methyl sites for hydroxylation is 1. The summed E-state index contributed by atoms with van der Waals surface area (Å²) in [5.41, 5.74) is 2.40. The molecule has 3 aromatic rings. The number of rotatable bonds is 5. The Morgan fingerprint density at radius 2 is 1.69 bits per heavy atom. The molecule has 0 bridgehead atoms. The third kappa shape index (κ3) is 4.35. The van der Waals surface area contributed by atoms with E-state index in [-0.39, 0.29) is 34.5 Å². The number of sulfonamides is 1. The molecule has 166 valence electrons. The van der Waals surface area contributed by atoms with Crippen molar-refractivity contribution in [3.05, 3.63) is 94.5 Å². The molecule has 0 N–H and O–H groups in total. The number of halogens is 2. The Labute approximate surface area is 198 Å². The van der Waals surface area contributed by atoms with Gasteiger partial charge in [0.2, 0.25) is 0 Å². The van der Waals surface area contributed by atoms with Crippen molar-refractivity contribution >= 4 is 44.8 Å². The molecule has 5 nitrogen and oxygen atoms in total. The number of nitrogens with zero attached hydrogens (tertiary/aromatic N) is 2. The molecule has 1 aliphatic rings. The van der Waals surface area contributed by atoms with Gasteiger partial charge in [-0.05, 0) is 42.8 Å². The first-order valence-corrected chi connectivity index (χ1v) is 12.5.